The number of methoxy groups -OCH3 is 1. The maximum atomic E-state index is 13.2. The molecule has 1 fully saturated rings. The number of nitrogens with one attached hydrogen (secondary N) is 2. The van der Waals surface area contributed by atoms with Crippen LogP contribution in [0.4, 0.5) is 13.6 Å². The van der Waals surface area contributed by atoms with Crippen LogP contribution in [-0.4, -0.2) is 37.4 Å². The third kappa shape index (κ3) is 4.88. The van der Waals surface area contributed by atoms with Gasteiger partial charge in [-0.2, -0.15) is 0 Å². The lowest BCUT2D eigenvalue weighted by Gasteiger charge is -2.22. The van der Waals surface area contributed by atoms with Crippen LogP contribution in [0.1, 0.15) is 37.9 Å². The van der Waals surface area contributed by atoms with Crippen molar-refractivity contribution in [3.8, 4) is 0 Å². The minimum absolute atomic E-state index is 0.120. The molecule has 0 bridgehead atoms. The van der Waals surface area contributed by atoms with E-state index in [2.05, 4.69) is 10.6 Å². The van der Waals surface area contributed by atoms with Crippen LogP contribution in [0.5, 0.6) is 0 Å². The molecule has 5 nitrogen and oxygen atoms in total. The van der Waals surface area contributed by atoms with E-state index in [9.17, 15) is 18.7 Å². The van der Waals surface area contributed by atoms with Crippen LogP contribution in [0, 0.1) is 17.0 Å². The molecule has 0 aliphatic heterocycles. The summed E-state index contributed by atoms with van der Waals surface area (Å²) in [4.78, 5) is 12.0. The Labute approximate surface area is 140 Å². The summed E-state index contributed by atoms with van der Waals surface area (Å²) in [5, 5.41) is 15.6. The fourth-order valence-electron chi connectivity index (χ4n) is 2.60. The van der Waals surface area contributed by atoms with Gasteiger partial charge in [0, 0.05) is 20.3 Å². The van der Waals surface area contributed by atoms with Gasteiger partial charge in [-0.05, 0) is 49.3 Å². The van der Waals surface area contributed by atoms with E-state index in [1.165, 1.54) is 6.07 Å². The third-order valence-corrected chi connectivity index (χ3v) is 4.54. The van der Waals surface area contributed by atoms with Gasteiger partial charge in [0.05, 0.1) is 12.1 Å². The van der Waals surface area contributed by atoms with Crippen molar-refractivity contribution in [2.75, 3.05) is 20.3 Å². The van der Waals surface area contributed by atoms with Crippen LogP contribution in [0.15, 0.2) is 18.2 Å². The Kier molecular flexibility index (Phi) is 6.12. The second-order valence-electron chi connectivity index (χ2n) is 6.48. The van der Waals surface area contributed by atoms with E-state index >= 15 is 0 Å². The second-order valence-corrected chi connectivity index (χ2v) is 6.48. The minimum atomic E-state index is -1.13. The van der Waals surface area contributed by atoms with Gasteiger partial charge in [-0.1, -0.05) is 6.07 Å². The molecule has 0 saturated heterocycles. The summed E-state index contributed by atoms with van der Waals surface area (Å²) in [6.45, 7) is 2.81. The number of ether oxygens (including phenoxy) is 1. The van der Waals surface area contributed by atoms with E-state index in [-0.39, 0.29) is 11.0 Å². The van der Waals surface area contributed by atoms with Crippen LogP contribution in [-0.2, 0) is 4.74 Å². The number of rotatable bonds is 8. The molecule has 1 aromatic rings. The highest BCUT2D eigenvalue weighted by Crippen LogP contribution is 2.48. The largest absolute Gasteiger partial charge is 0.386 e. The number of aliphatic hydroxyl groups is 1. The number of urea groups is 1. The van der Waals surface area contributed by atoms with Crippen molar-refractivity contribution in [1.29, 1.82) is 0 Å². The molecule has 2 atom stereocenters. The van der Waals surface area contributed by atoms with Crippen molar-refractivity contribution < 1.29 is 23.4 Å². The van der Waals surface area contributed by atoms with Gasteiger partial charge < -0.3 is 20.5 Å². The van der Waals surface area contributed by atoms with E-state index in [0.717, 1.165) is 31.4 Å². The third-order valence-electron chi connectivity index (χ3n) is 4.54. The lowest BCUT2D eigenvalue weighted by atomic mass is 10.0. The summed E-state index contributed by atoms with van der Waals surface area (Å²) in [5.41, 5.74) is 0.329. The molecule has 2 unspecified atom stereocenters. The first kappa shape index (κ1) is 18.6. The number of aliphatic hydroxyl groups excluding tert-OH is 1. The van der Waals surface area contributed by atoms with Crippen molar-refractivity contribution >= 4 is 6.03 Å². The maximum absolute atomic E-state index is 13.2. The predicted molar refractivity (Wildman–Crippen MR) is 85.5 cm³/mol. The molecule has 0 aromatic heterocycles. The summed E-state index contributed by atoms with van der Waals surface area (Å²) in [6, 6.07) is 2.13. The van der Waals surface area contributed by atoms with Gasteiger partial charge in [0.25, 0.3) is 0 Å². The molecular formula is C17H24F2N2O3. The number of benzene rings is 1. The van der Waals surface area contributed by atoms with Crippen LogP contribution in [0.25, 0.3) is 0 Å². The summed E-state index contributed by atoms with van der Waals surface area (Å²) < 4.78 is 31.2. The van der Waals surface area contributed by atoms with Crippen molar-refractivity contribution in [2.24, 2.45) is 5.41 Å². The lowest BCUT2D eigenvalue weighted by molar-refractivity contribution is 0.136. The first-order valence-corrected chi connectivity index (χ1v) is 8.03. The van der Waals surface area contributed by atoms with Crippen molar-refractivity contribution in [2.45, 2.75) is 38.3 Å². The van der Waals surface area contributed by atoms with E-state index < -0.39 is 29.8 Å². The fraction of sp³-hybridized carbons (Fsp3) is 0.588. The second kappa shape index (κ2) is 7.90. The molecule has 134 valence electrons. The molecule has 0 spiro atoms. The Morgan fingerprint density at radius 3 is 2.67 bits per heavy atom. The van der Waals surface area contributed by atoms with Crippen LogP contribution in [0.2, 0.25) is 0 Å². The molecule has 1 aliphatic rings. The molecule has 2 amide bonds. The maximum Gasteiger partial charge on any atom is 0.315 e. The standard InChI is InChI=1S/C17H24F2N2O3/c1-11(15(22)12-3-4-13(18)14(19)9-12)21-16(23)20-10-17(5-6-17)7-8-24-2/h3-4,9,11,15,22H,5-8,10H2,1-2H3,(H2,20,21,23). The van der Waals surface area contributed by atoms with Crippen LogP contribution in [0.3, 0.4) is 0 Å². The Morgan fingerprint density at radius 2 is 2.08 bits per heavy atom. The summed E-state index contributed by atoms with van der Waals surface area (Å²) in [5.74, 6) is -2.01. The number of carbonyl (C=O) groups excluding carboxylic acids is 1. The van der Waals surface area contributed by atoms with Gasteiger partial charge in [-0.15, -0.1) is 0 Å². The highest BCUT2D eigenvalue weighted by Gasteiger charge is 2.42. The smallest absolute Gasteiger partial charge is 0.315 e. The average Bonchev–Trinajstić information content (AvgIpc) is 3.33. The summed E-state index contributed by atoms with van der Waals surface area (Å²) in [6.07, 6.45) is 1.89. The first-order valence-electron chi connectivity index (χ1n) is 8.03. The molecular weight excluding hydrogens is 318 g/mol. The highest BCUT2D eigenvalue weighted by atomic mass is 19.2. The van der Waals surface area contributed by atoms with E-state index in [4.69, 9.17) is 4.74 Å². The normalized spacial score (nSPS) is 17.9. The molecule has 0 radical (unpaired) electrons. The molecule has 7 heteroatoms. The predicted octanol–water partition coefficient (Wildman–Crippen LogP) is 2.50. The molecule has 1 aromatic carbocycles. The van der Waals surface area contributed by atoms with Gasteiger partial charge >= 0.3 is 6.03 Å². The van der Waals surface area contributed by atoms with Crippen molar-refractivity contribution in [3.05, 3.63) is 35.4 Å². The lowest BCUT2D eigenvalue weighted by Crippen LogP contribution is -2.45. The number of halogens is 2. The Morgan fingerprint density at radius 1 is 1.38 bits per heavy atom. The molecule has 24 heavy (non-hydrogen) atoms. The van der Waals surface area contributed by atoms with Gasteiger partial charge in [0.15, 0.2) is 11.6 Å². The van der Waals surface area contributed by atoms with Gasteiger partial charge in [0.2, 0.25) is 0 Å². The summed E-state index contributed by atoms with van der Waals surface area (Å²) in [7, 11) is 1.65. The number of amides is 2. The van der Waals surface area contributed by atoms with Gasteiger partial charge in [-0.25, -0.2) is 13.6 Å². The fourth-order valence-corrected chi connectivity index (χ4v) is 2.60. The van der Waals surface area contributed by atoms with Gasteiger partial charge in [0.1, 0.15) is 0 Å². The minimum Gasteiger partial charge on any atom is -0.386 e. The zero-order valence-corrected chi connectivity index (χ0v) is 13.9. The average molecular weight is 342 g/mol. The monoisotopic (exact) mass is 342 g/mol. The number of hydrogen-bond acceptors (Lipinski definition) is 3. The summed E-state index contributed by atoms with van der Waals surface area (Å²) >= 11 is 0. The molecule has 0 heterocycles. The number of hydrogen-bond donors (Lipinski definition) is 3. The van der Waals surface area contributed by atoms with E-state index in [1.54, 1.807) is 14.0 Å². The Hall–Kier alpha value is -1.73. The first-order chi connectivity index (χ1) is 11.4. The molecule has 1 saturated carbocycles. The topological polar surface area (TPSA) is 70.6 Å². The van der Waals surface area contributed by atoms with Crippen LogP contribution < -0.4 is 10.6 Å². The molecule has 3 N–H and O–H groups in total. The Bertz CT molecular complexity index is 579. The number of carbonyl (C=O) groups is 1. The Balaban J connectivity index is 1.81. The zero-order chi connectivity index (χ0) is 17.7. The SMILES string of the molecule is COCCC1(CNC(=O)NC(C)C(O)c2ccc(F)c(F)c2)CC1. The van der Waals surface area contributed by atoms with Crippen molar-refractivity contribution in [1.82, 2.24) is 10.6 Å². The van der Waals surface area contributed by atoms with Crippen LogP contribution >= 0.6 is 0 Å². The van der Waals surface area contributed by atoms with Crippen molar-refractivity contribution in [3.63, 3.8) is 0 Å². The molecule has 1 aliphatic carbocycles. The van der Waals surface area contributed by atoms with E-state index in [1.807, 2.05) is 0 Å². The molecule has 2 rings (SSSR count). The highest BCUT2D eigenvalue weighted by molar-refractivity contribution is 5.74. The zero-order valence-electron chi connectivity index (χ0n) is 13.9. The quantitative estimate of drug-likeness (QED) is 0.680. The van der Waals surface area contributed by atoms with E-state index in [0.29, 0.717) is 13.2 Å². The van der Waals surface area contributed by atoms with Gasteiger partial charge in [-0.3, -0.25) is 0 Å².